The first kappa shape index (κ1) is 66.4. The molecule has 24 heteroatoms. The number of fused-ring (bicyclic) bond motifs is 5. The number of aliphatic hydroxyl groups excluding tert-OH is 1. The summed E-state index contributed by atoms with van der Waals surface area (Å²) in [6.45, 7) is 10.1. The largest absolute Gasteiger partial charge is 0.461 e. The maximum atomic E-state index is 16.8. The van der Waals surface area contributed by atoms with Gasteiger partial charge in [-0.1, -0.05) is 42.3 Å². The molecule has 6 heterocycles. The van der Waals surface area contributed by atoms with E-state index in [1.165, 1.54) is 31.1 Å². The number of aldehydes is 3. The number of terminal acetylenes is 1. The standard InChI is InChI=1S/C35H34F2N6O2.C16H21N3O4.C9H19NO5.W/c1-3-25-28(36)10-7-21-5-4-6-26(29(21)25)31-30(37)32-27(14-38-31)33(42-16-22-8-9-23(17-42)39-22)41-34(40-32)45-19-35-12-11-24(18-44)43(35)15-20(2)13-35;1-17-12-6-7-13(11(9-12)10-21)16(23)19(3)14(5-4-8-20)15(22)18-2;11-3-1-4-13-6-8-15-9-7-14-5-2-10-12;/h1,4-7,10,14,22-24,39,44H,2,8-9,11-13,15-19H2;6-10,14,17H,4-5H2,1-3H3,(H,18,22);3,10,12H,1-2,4-9H2;/t22?,23?,24-,35-;;;/m0.../s1. The Morgan fingerprint density at radius 2 is 1.69 bits per heavy atom. The fourth-order valence-electron chi connectivity index (χ4n) is 11.2. The second-order valence-corrected chi connectivity index (χ2v) is 20.6. The molecule has 2 aromatic heterocycles. The summed E-state index contributed by atoms with van der Waals surface area (Å²) in [4.78, 5) is 76.1. The van der Waals surface area contributed by atoms with Crippen LogP contribution in [-0.4, -0.2) is 196 Å². The molecule has 6 N–H and O–H groups in total. The summed E-state index contributed by atoms with van der Waals surface area (Å²) < 4.78 is 53.3. The molecule has 3 unspecified atom stereocenters. The number of ether oxygens (including phenoxy) is 4. The van der Waals surface area contributed by atoms with Crippen molar-refractivity contribution in [1.29, 1.82) is 0 Å². The van der Waals surface area contributed by atoms with Crippen LogP contribution >= 0.6 is 0 Å². The average molecular weight is 1330 g/mol. The molecule has 4 fully saturated rings. The monoisotopic (exact) mass is 1330 g/mol. The summed E-state index contributed by atoms with van der Waals surface area (Å²) in [5, 5.41) is 28.8. The van der Waals surface area contributed by atoms with Crippen molar-refractivity contribution in [2.45, 2.75) is 81.1 Å². The smallest absolute Gasteiger partial charge is 0.319 e. The van der Waals surface area contributed by atoms with Gasteiger partial charge in [0.05, 0.1) is 68.3 Å². The van der Waals surface area contributed by atoms with Crippen LogP contribution < -0.4 is 31.1 Å². The van der Waals surface area contributed by atoms with Crippen LogP contribution in [0, 0.1) is 24.0 Å². The molecule has 3 aromatic carbocycles. The van der Waals surface area contributed by atoms with Gasteiger partial charge in [-0.15, -0.1) is 6.42 Å². The Morgan fingerprint density at radius 1 is 0.976 bits per heavy atom. The molecule has 4 aliphatic rings. The van der Waals surface area contributed by atoms with Crippen LogP contribution in [0.1, 0.15) is 77.6 Å². The average Bonchev–Trinajstić information content (AvgIpc) is 2.66. The number of aromatic nitrogens is 3. The predicted octanol–water partition coefficient (Wildman–Crippen LogP) is 4.89. The Morgan fingerprint density at radius 3 is 2.35 bits per heavy atom. The van der Waals surface area contributed by atoms with Crippen LogP contribution in [0.2, 0.25) is 0 Å². The Bertz CT molecular complexity index is 3130. The fraction of sp³-hybridized carbons (Fsp3) is 0.467. The third kappa shape index (κ3) is 16.2. The van der Waals surface area contributed by atoms with E-state index in [9.17, 15) is 33.5 Å². The van der Waals surface area contributed by atoms with Crippen molar-refractivity contribution in [2.75, 3.05) is 110 Å². The maximum absolute atomic E-state index is 16.8. The molecule has 2 amide bonds. The van der Waals surface area contributed by atoms with E-state index in [2.05, 4.69) is 48.2 Å². The molecule has 84 heavy (non-hydrogen) atoms. The number of carbonyl (C=O) groups is 5. The summed E-state index contributed by atoms with van der Waals surface area (Å²) in [5.41, 5.74) is 4.51. The zero-order valence-corrected chi connectivity index (χ0v) is 50.5. The van der Waals surface area contributed by atoms with Crippen LogP contribution in [0.4, 0.5) is 20.3 Å². The van der Waals surface area contributed by atoms with Crippen molar-refractivity contribution in [2.24, 2.45) is 0 Å². The van der Waals surface area contributed by atoms with Crippen molar-refractivity contribution in [1.82, 2.24) is 40.9 Å². The molecular weight excluding hydrogens is 1260 g/mol. The minimum Gasteiger partial charge on any atom is -0.461 e. The van der Waals surface area contributed by atoms with E-state index < -0.39 is 23.6 Å². The number of amides is 2. The number of rotatable bonds is 26. The second-order valence-electron chi connectivity index (χ2n) is 20.6. The zero-order valence-electron chi connectivity index (χ0n) is 47.6. The Kier molecular flexibility index (Phi) is 25.7. The van der Waals surface area contributed by atoms with Crippen molar-refractivity contribution >= 4 is 63.9 Å². The van der Waals surface area contributed by atoms with Gasteiger partial charge in [-0.25, -0.2) is 14.3 Å². The summed E-state index contributed by atoms with van der Waals surface area (Å²) in [5.74, 6) is 1.03. The van der Waals surface area contributed by atoms with Gasteiger partial charge in [-0.05, 0) is 68.2 Å². The van der Waals surface area contributed by atoms with E-state index in [0.29, 0.717) is 117 Å². The molecule has 2 bridgehead atoms. The second kappa shape index (κ2) is 32.5. The molecule has 4 saturated heterocycles. The number of hydrogen-bond acceptors (Lipinski definition) is 19. The molecular formula is C60H74F2N10O11W. The quantitative estimate of drug-likeness (QED) is 0.0142. The van der Waals surface area contributed by atoms with E-state index in [1.54, 1.807) is 43.6 Å². The number of pyridine rings is 1. The van der Waals surface area contributed by atoms with Crippen LogP contribution in [0.3, 0.4) is 0 Å². The van der Waals surface area contributed by atoms with Crippen molar-refractivity contribution in [3.8, 4) is 29.6 Å². The number of nitrogens with one attached hydrogen (secondary N) is 4. The Hall–Kier alpha value is -6.71. The van der Waals surface area contributed by atoms with Crippen molar-refractivity contribution < 1.29 is 83.1 Å². The maximum Gasteiger partial charge on any atom is 0.319 e. The number of anilines is 2. The van der Waals surface area contributed by atoms with Gasteiger partial charge >= 0.3 is 6.01 Å². The number of carbonyl (C=O) groups excluding carboxylic acids is 5. The first-order valence-electron chi connectivity index (χ1n) is 27.7. The van der Waals surface area contributed by atoms with E-state index >= 15 is 4.39 Å². The van der Waals surface area contributed by atoms with Gasteiger partial charge in [0.2, 0.25) is 5.91 Å². The van der Waals surface area contributed by atoms with Gasteiger partial charge < -0.3 is 64.6 Å². The van der Waals surface area contributed by atoms with E-state index in [0.717, 1.165) is 63.6 Å². The molecule has 0 radical (unpaired) electrons. The number of aliphatic hydroxyl groups is 1. The van der Waals surface area contributed by atoms with Crippen LogP contribution in [0.5, 0.6) is 6.01 Å². The van der Waals surface area contributed by atoms with E-state index in [-0.39, 0.29) is 91.9 Å². The summed E-state index contributed by atoms with van der Waals surface area (Å²) in [7, 11) is 4.65. The third-order valence-corrected chi connectivity index (χ3v) is 15.3. The summed E-state index contributed by atoms with van der Waals surface area (Å²) in [6, 6.07) is 13.0. The van der Waals surface area contributed by atoms with Crippen molar-refractivity contribution in [3.63, 3.8) is 0 Å². The normalized spacial score (nSPS) is 19.0. The van der Waals surface area contributed by atoms with Gasteiger partial charge in [0, 0.05) is 128 Å². The number of piperazine rings is 1. The van der Waals surface area contributed by atoms with E-state index in [4.69, 9.17) is 35.6 Å². The number of likely N-dealkylation sites (N-methyl/N-ethyl adjacent to an activating group) is 2. The third-order valence-electron chi connectivity index (χ3n) is 15.3. The first-order valence-corrected chi connectivity index (χ1v) is 27.7. The molecule has 0 aliphatic carbocycles. The SMILES string of the molecule is C#Cc1c(F)ccc2cccc(-c3ncc4c(N5CC6CCC(C5)N6)nc(OC[C@@]56CC[C@@H](CO)N5CC(=C)C6)nc4c3F)c12.CNC(=O)C(CCC=O)N(C)C(=O)c1ccc(NC)cc1C=O.O=CCCOCCOCCOCCNO.[W]. The van der Waals surface area contributed by atoms with Crippen LogP contribution in [0.25, 0.3) is 32.9 Å². The molecule has 4 aliphatic heterocycles. The van der Waals surface area contributed by atoms with Gasteiger partial charge in [-0.2, -0.15) is 9.97 Å². The Labute approximate surface area is 501 Å². The molecule has 21 nitrogen and oxygen atoms in total. The molecule has 9 rings (SSSR count). The fourth-order valence-corrected chi connectivity index (χ4v) is 11.2. The topological polar surface area (TPSA) is 259 Å². The first-order chi connectivity index (χ1) is 40.3. The predicted molar refractivity (Wildman–Crippen MR) is 309 cm³/mol. The minimum atomic E-state index is -0.777. The summed E-state index contributed by atoms with van der Waals surface area (Å²) >= 11 is 0. The number of hydrogen-bond donors (Lipinski definition) is 6. The van der Waals surface area contributed by atoms with Crippen LogP contribution in [-0.2, 0) is 49.7 Å². The number of halogens is 2. The Balaban J connectivity index is 0.000000243. The van der Waals surface area contributed by atoms with Crippen molar-refractivity contribution in [3.05, 3.63) is 95.2 Å². The van der Waals surface area contributed by atoms with Gasteiger partial charge in [0.25, 0.3) is 5.91 Å². The molecule has 5 aromatic rings. The molecule has 0 spiro atoms. The van der Waals surface area contributed by atoms with Crippen LogP contribution in [0.15, 0.2) is 66.9 Å². The molecule has 5 atom stereocenters. The number of nitrogens with zero attached hydrogens (tertiary/aromatic N) is 6. The minimum absolute atomic E-state index is 0. The molecule has 450 valence electrons. The number of hydroxylamine groups is 1. The van der Waals surface area contributed by atoms with Gasteiger partial charge in [0.15, 0.2) is 12.1 Å². The van der Waals surface area contributed by atoms with Gasteiger partial charge in [0.1, 0.15) is 48.1 Å². The summed E-state index contributed by atoms with van der Waals surface area (Å²) in [6.07, 6.45) is 14.9. The zero-order chi connectivity index (χ0) is 59.5. The van der Waals surface area contributed by atoms with Gasteiger partial charge in [-0.3, -0.25) is 24.3 Å². The van der Waals surface area contributed by atoms with E-state index in [1.807, 2.05) is 11.5 Å². The molecule has 0 saturated carbocycles. The number of benzene rings is 3.